The highest BCUT2D eigenvalue weighted by Crippen LogP contribution is 2.14. The van der Waals surface area contributed by atoms with Gasteiger partial charge in [-0.3, -0.25) is 4.79 Å². The molecule has 0 unspecified atom stereocenters. The van der Waals surface area contributed by atoms with Crippen LogP contribution in [0.3, 0.4) is 0 Å². The van der Waals surface area contributed by atoms with E-state index in [-0.39, 0.29) is 5.91 Å². The maximum atomic E-state index is 12.2. The van der Waals surface area contributed by atoms with Crippen LogP contribution in [-0.2, 0) is 6.54 Å². The number of nitrogens with zero attached hydrogens (tertiary/aromatic N) is 1. The zero-order chi connectivity index (χ0) is 17.6. The number of benzene rings is 2. The van der Waals surface area contributed by atoms with Crippen LogP contribution in [0.1, 0.15) is 21.5 Å². The van der Waals surface area contributed by atoms with Crippen LogP contribution in [0.2, 0.25) is 5.02 Å². The molecule has 1 amide bonds. The van der Waals surface area contributed by atoms with E-state index in [1.165, 1.54) is 0 Å². The molecule has 0 radical (unpaired) electrons. The third-order valence-corrected chi connectivity index (χ3v) is 3.97. The summed E-state index contributed by atoms with van der Waals surface area (Å²) in [4.78, 5) is 16.5. The maximum Gasteiger partial charge on any atom is 0.255 e. The van der Waals surface area contributed by atoms with Crippen LogP contribution in [0, 0.1) is 6.92 Å². The first-order valence-electron chi connectivity index (χ1n) is 7.92. The van der Waals surface area contributed by atoms with E-state index in [0.717, 1.165) is 22.0 Å². The smallest absolute Gasteiger partial charge is 0.255 e. The highest BCUT2D eigenvalue weighted by molar-refractivity contribution is 6.30. The highest BCUT2D eigenvalue weighted by Gasteiger charge is 2.06. The predicted octanol–water partition coefficient (Wildman–Crippen LogP) is 4.91. The van der Waals surface area contributed by atoms with Gasteiger partial charge in [-0.2, -0.15) is 0 Å². The molecule has 0 aliphatic carbocycles. The number of anilines is 2. The number of aromatic nitrogens is 1. The first-order chi connectivity index (χ1) is 12.1. The molecule has 25 heavy (non-hydrogen) atoms. The average molecular weight is 352 g/mol. The first-order valence-corrected chi connectivity index (χ1v) is 8.30. The topological polar surface area (TPSA) is 54.0 Å². The van der Waals surface area contributed by atoms with Crippen molar-refractivity contribution in [3.63, 3.8) is 0 Å². The van der Waals surface area contributed by atoms with E-state index in [1.54, 1.807) is 18.3 Å². The zero-order valence-electron chi connectivity index (χ0n) is 13.8. The van der Waals surface area contributed by atoms with Gasteiger partial charge in [0.2, 0.25) is 0 Å². The van der Waals surface area contributed by atoms with Gasteiger partial charge >= 0.3 is 0 Å². The summed E-state index contributed by atoms with van der Waals surface area (Å²) in [5.74, 6) is 0.590. The molecule has 126 valence electrons. The highest BCUT2D eigenvalue weighted by atomic mass is 35.5. The van der Waals surface area contributed by atoms with Crippen molar-refractivity contribution < 1.29 is 4.79 Å². The Labute approximate surface area is 151 Å². The molecule has 5 heteroatoms. The lowest BCUT2D eigenvalue weighted by atomic mass is 10.1. The second kappa shape index (κ2) is 7.81. The van der Waals surface area contributed by atoms with Crippen molar-refractivity contribution >= 4 is 29.0 Å². The summed E-state index contributed by atoms with van der Waals surface area (Å²) in [6, 6.07) is 18.7. The number of rotatable bonds is 5. The molecule has 0 saturated heterocycles. The van der Waals surface area contributed by atoms with Crippen molar-refractivity contribution in [2.75, 3.05) is 10.6 Å². The molecule has 3 rings (SSSR count). The van der Waals surface area contributed by atoms with Gasteiger partial charge < -0.3 is 10.6 Å². The average Bonchev–Trinajstić information content (AvgIpc) is 2.63. The van der Waals surface area contributed by atoms with E-state index < -0.39 is 0 Å². The van der Waals surface area contributed by atoms with Crippen molar-refractivity contribution in [3.8, 4) is 0 Å². The van der Waals surface area contributed by atoms with Crippen LogP contribution in [0.15, 0.2) is 66.9 Å². The molecule has 0 aliphatic heterocycles. The molecule has 0 bridgehead atoms. The lowest BCUT2D eigenvalue weighted by Gasteiger charge is -2.08. The Morgan fingerprint density at radius 3 is 2.36 bits per heavy atom. The summed E-state index contributed by atoms with van der Waals surface area (Å²) in [6.45, 7) is 2.64. The van der Waals surface area contributed by atoms with E-state index in [2.05, 4.69) is 15.6 Å². The third kappa shape index (κ3) is 4.81. The molecule has 0 spiro atoms. The van der Waals surface area contributed by atoms with Crippen molar-refractivity contribution in [1.82, 2.24) is 4.98 Å². The number of pyridine rings is 1. The van der Waals surface area contributed by atoms with E-state index in [0.29, 0.717) is 17.8 Å². The summed E-state index contributed by atoms with van der Waals surface area (Å²) in [7, 11) is 0. The van der Waals surface area contributed by atoms with Crippen molar-refractivity contribution in [1.29, 1.82) is 0 Å². The molecule has 2 N–H and O–H groups in total. The minimum absolute atomic E-state index is 0.149. The summed E-state index contributed by atoms with van der Waals surface area (Å²) < 4.78 is 0. The molecule has 0 fully saturated rings. The van der Waals surface area contributed by atoms with Gasteiger partial charge in [0.1, 0.15) is 5.82 Å². The number of carbonyl (C=O) groups is 1. The minimum atomic E-state index is -0.149. The number of hydrogen-bond donors (Lipinski definition) is 2. The van der Waals surface area contributed by atoms with Crippen molar-refractivity contribution in [2.45, 2.75) is 13.5 Å². The largest absolute Gasteiger partial charge is 0.366 e. The molecule has 2 aromatic carbocycles. The van der Waals surface area contributed by atoms with Crippen LogP contribution in [-0.4, -0.2) is 10.9 Å². The lowest BCUT2D eigenvalue weighted by molar-refractivity contribution is 0.102. The molecule has 1 aromatic heterocycles. The molecule has 3 aromatic rings. The molecular weight excluding hydrogens is 334 g/mol. The fourth-order valence-electron chi connectivity index (χ4n) is 2.28. The number of carbonyl (C=O) groups excluding carboxylic acids is 1. The summed E-state index contributed by atoms with van der Waals surface area (Å²) in [5, 5.41) is 6.79. The first kappa shape index (κ1) is 17.0. The van der Waals surface area contributed by atoms with Crippen LogP contribution < -0.4 is 10.6 Å². The normalized spacial score (nSPS) is 10.3. The number of aryl methyl sites for hydroxylation is 1. The number of amides is 1. The monoisotopic (exact) mass is 351 g/mol. The number of nitrogens with one attached hydrogen (secondary N) is 2. The van der Waals surface area contributed by atoms with Crippen molar-refractivity contribution in [2.24, 2.45) is 0 Å². The maximum absolute atomic E-state index is 12.2. The second-order valence-corrected chi connectivity index (χ2v) is 6.17. The van der Waals surface area contributed by atoms with E-state index in [9.17, 15) is 4.79 Å². The molecule has 0 saturated carbocycles. The van der Waals surface area contributed by atoms with Gasteiger partial charge in [-0.15, -0.1) is 0 Å². The zero-order valence-corrected chi connectivity index (χ0v) is 14.5. The fraction of sp³-hybridized carbons (Fsp3) is 0.100. The fourth-order valence-corrected chi connectivity index (χ4v) is 2.40. The van der Waals surface area contributed by atoms with E-state index in [4.69, 9.17) is 11.6 Å². The Hall–Kier alpha value is -2.85. The van der Waals surface area contributed by atoms with Crippen LogP contribution >= 0.6 is 11.6 Å². The van der Waals surface area contributed by atoms with Gasteiger partial charge in [-0.1, -0.05) is 41.4 Å². The summed E-state index contributed by atoms with van der Waals surface area (Å²) in [5.41, 5.74) is 3.51. The van der Waals surface area contributed by atoms with Gasteiger partial charge in [-0.25, -0.2) is 4.98 Å². The van der Waals surface area contributed by atoms with Crippen LogP contribution in [0.25, 0.3) is 0 Å². The molecule has 1 heterocycles. The Morgan fingerprint density at radius 1 is 1.00 bits per heavy atom. The molecule has 0 aliphatic rings. The van der Waals surface area contributed by atoms with Crippen LogP contribution in [0.4, 0.5) is 11.5 Å². The molecular formula is C20H18ClN3O. The SMILES string of the molecule is Cc1ccc(C(=O)Nc2ccc(NCc3ccc(Cl)cc3)nc2)cc1. The third-order valence-electron chi connectivity index (χ3n) is 3.72. The van der Waals surface area contributed by atoms with Gasteiger partial charge in [0.15, 0.2) is 0 Å². The minimum Gasteiger partial charge on any atom is -0.366 e. The van der Waals surface area contributed by atoms with Gasteiger partial charge in [0.05, 0.1) is 11.9 Å². The van der Waals surface area contributed by atoms with Crippen molar-refractivity contribution in [3.05, 3.63) is 88.6 Å². The Morgan fingerprint density at radius 2 is 1.72 bits per heavy atom. The van der Waals surface area contributed by atoms with E-state index in [1.807, 2.05) is 55.5 Å². The Kier molecular flexibility index (Phi) is 5.31. The standard InChI is InChI=1S/C20H18ClN3O/c1-14-2-6-16(7-3-14)20(25)24-18-10-11-19(23-13-18)22-12-15-4-8-17(21)9-5-15/h2-11,13H,12H2,1H3,(H,22,23)(H,24,25). The number of halogens is 1. The lowest BCUT2D eigenvalue weighted by Crippen LogP contribution is -2.12. The van der Waals surface area contributed by atoms with Crippen LogP contribution in [0.5, 0.6) is 0 Å². The molecule has 4 nitrogen and oxygen atoms in total. The predicted molar refractivity (Wildman–Crippen MR) is 102 cm³/mol. The summed E-state index contributed by atoms with van der Waals surface area (Å²) in [6.07, 6.45) is 1.64. The summed E-state index contributed by atoms with van der Waals surface area (Å²) >= 11 is 5.87. The Balaban J connectivity index is 1.57. The van der Waals surface area contributed by atoms with E-state index >= 15 is 0 Å². The van der Waals surface area contributed by atoms with Gasteiger partial charge in [0.25, 0.3) is 5.91 Å². The van der Waals surface area contributed by atoms with Gasteiger partial charge in [0, 0.05) is 17.1 Å². The molecule has 0 atom stereocenters. The van der Waals surface area contributed by atoms with Gasteiger partial charge in [-0.05, 0) is 48.9 Å². The quantitative estimate of drug-likeness (QED) is 0.686. The number of hydrogen-bond acceptors (Lipinski definition) is 3. The second-order valence-electron chi connectivity index (χ2n) is 5.73. The Bertz CT molecular complexity index is 844.